The van der Waals surface area contributed by atoms with Crippen LogP contribution < -0.4 is 9.73 Å². The fraction of sp³-hybridized carbons (Fsp3) is 0.148. The molecule has 0 fully saturated rings. The Morgan fingerprint density at radius 1 is 1.00 bits per heavy atom. The number of nitrogens with one attached hydrogen (secondary N) is 1. The lowest BCUT2D eigenvalue weighted by molar-refractivity contribution is -0.119. The van der Waals surface area contributed by atoms with E-state index in [1.807, 2.05) is 57.2 Å². The van der Waals surface area contributed by atoms with Gasteiger partial charge in [-0.15, -0.1) is 0 Å². The zero-order chi connectivity index (χ0) is 26.6. The average Bonchev–Trinajstić information content (AvgIpc) is 3.16. The first-order valence-corrected chi connectivity index (χ1v) is 13.3. The zero-order valence-corrected chi connectivity index (χ0v) is 22.2. The van der Waals surface area contributed by atoms with E-state index in [1.165, 1.54) is 18.3 Å². The fourth-order valence-electron chi connectivity index (χ4n) is 3.72. The van der Waals surface area contributed by atoms with Crippen molar-refractivity contribution in [1.82, 2.24) is 15.2 Å². The summed E-state index contributed by atoms with van der Waals surface area (Å²) in [5.74, 6) is -0.613. The molecule has 4 aromatic rings. The average molecular weight is 536 g/mol. The van der Waals surface area contributed by atoms with Crippen LogP contribution in [-0.2, 0) is 14.8 Å². The normalized spacial score (nSPS) is 11.6. The Hall–Kier alpha value is -3.95. The molecule has 1 aromatic heterocycles. The maximum absolute atomic E-state index is 13.5. The molecule has 0 saturated heterocycles. The number of aromatic nitrogens is 2. The Morgan fingerprint density at radius 3 is 2.38 bits per heavy atom. The first-order chi connectivity index (χ1) is 17.7. The molecule has 0 atom stereocenters. The van der Waals surface area contributed by atoms with Crippen LogP contribution in [0.5, 0.6) is 0 Å². The van der Waals surface area contributed by atoms with Crippen LogP contribution in [0.25, 0.3) is 5.69 Å². The number of hydrazone groups is 1. The molecule has 0 unspecified atom stereocenters. The first-order valence-electron chi connectivity index (χ1n) is 11.5. The Labute approximate surface area is 221 Å². The topological polar surface area (TPSA) is 96.7 Å². The predicted octanol–water partition coefficient (Wildman–Crippen LogP) is 4.80. The molecule has 0 radical (unpaired) electrons. The second-order valence-electron chi connectivity index (χ2n) is 8.49. The molecule has 3 aromatic carbocycles. The van der Waals surface area contributed by atoms with Crippen LogP contribution in [0.4, 0.5) is 5.69 Å². The summed E-state index contributed by atoms with van der Waals surface area (Å²) in [5.41, 5.74) is 6.68. The number of sulfonamides is 1. The van der Waals surface area contributed by atoms with Gasteiger partial charge in [0.25, 0.3) is 15.9 Å². The summed E-state index contributed by atoms with van der Waals surface area (Å²) in [6, 6.07) is 22.9. The second-order valence-corrected chi connectivity index (χ2v) is 10.7. The van der Waals surface area contributed by atoms with Gasteiger partial charge in [0.15, 0.2) is 5.15 Å². The molecule has 0 aliphatic rings. The van der Waals surface area contributed by atoms with Crippen LogP contribution in [0.15, 0.2) is 88.9 Å². The largest absolute Gasteiger partial charge is 0.271 e. The van der Waals surface area contributed by atoms with Gasteiger partial charge in [-0.05, 0) is 62.7 Å². The number of carbonyl (C=O) groups excluding carboxylic acids is 1. The van der Waals surface area contributed by atoms with Gasteiger partial charge in [0.1, 0.15) is 6.54 Å². The number of anilines is 1. The second kappa shape index (κ2) is 11.0. The zero-order valence-electron chi connectivity index (χ0n) is 20.6. The minimum absolute atomic E-state index is 0.0895. The van der Waals surface area contributed by atoms with Gasteiger partial charge >= 0.3 is 0 Å². The molecule has 190 valence electrons. The highest BCUT2D eigenvalue weighted by Gasteiger charge is 2.27. The van der Waals surface area contributed by atoms with Crippen molar-refractivity contribution in [3.8, 4) is 5.69 Å². The molecule has 0 bridgehead atoms. The van der Waals surface area contributed by atoms with Gasteiger partial charge in [0.2, 0.25) is 0 Å². The monoisotopic (exact) mass is 535 g/mol. The van der Waals surface area contributed by atoms with Crippen molar-refractivity contribution in [3.63, 3.8) is 0 Å². The molecule has 0 saturated carbocycles. The van der Waals surface area contributed by atoms with Gasteiger partial charge in [-0.25, -0.2) is 18.5 Å². The Bertz CT molecular complexity index is 1550. The van der Waals surface area contributed by atoms with Crippen molar-refractivity contribution in [2.45, 2.75) is 25.7 Å². The Morgan fingerprint density at radius 2 is 1.70 bits per heavy atom. The quantitative estimate of drug-likeness (QED) is 0.259. The van der Waals surface area contributed by atoms with E-state index in [1.54, 1.807) is 35.0 Å². The lowest BCUT2D eigenvalue weighted by Gasteiger charge is -2.24. The minimum atomic E-state index is -4.01. The smallest absolute Gasteiger partial charge is 0.264 e. The van der Waals surface area contributed by atoms with Gasteiger partial charge in [-0.2, -0.15) is 10.2 Å². The highest BCUT2D eigenvalue weighted by Crippen LogP contribution is 2.25. The van der Waals surface area contributed by atoms with Crippen molar-refractivity contribution in [2.24, 2.45) is 5.10 Å². The van der Waals surface area contributed by atoms with Crippen LogP contribution in [-0.4, -0.2) is 36.9 Å². The number of carbonyl (C=O) groups is 1. The number of rotatable bonds is 8. The molecule has 0 aliphatic carbocycles. The SMILES string of the molecule is Cc1ccc(S(=O)(=O)N(CC(=O)N/N=C\c2c(Cl)nn(-c3ccccc3)c2C)c2cccc(C)c2)cc1. The van der Waals surface area contributed by atoms with Crippen LogP contribution in [0.1, 0.15) is 22.4 Å². The summed E-state index contributed by atoms with van der Waals surface area (Å²) in [6.07, 6.45) is 1.40. The Balaban J connectivity index is 1.56. The molecule has 8 nitrogen and oxygen atoms in total. The van der Waals surface area contributed by atoms with E-state index in [4.69, 9.17) is 11.6 Å². The molecule has 0 aliphatic heterocycles. The van der Waals surface area contributed by atoms with Gasteiger partial charge in [-0.3, -0.25) is 9.10 Å². The number of hydrogen-bond donors (Lipinski definition) is 1. The van der Waals surface area contributed by atoms with Gasteiger partial charge in [-0.1, -0.05) is 59.6 Å². The maximum Gasteiger partial charge on any atom is 0.264 e. The van der Waals surface area contributed by atoms with Crippen LogP contribution in [0.3, 0.4) is 0 Å². The summed E-state index contributed by atoms with van der Waals surface area (Å²) in [6.45, 7) is 5.10. The number of benzene rings is 3. The van der Waals surface area contributed by atoms with Crippen molar-refractivity contribution >= 4 is 39.4 Å². The Kier molecular flexibility index (Phi) is 7.75. The van der Waals surface area contributed by atoms with Crippen molar-refractivity contribution in [1.29, 1.82) is 0 Å². The van der Waals surface area contributed by atoms with E-state index in [9.17, 15) is 13.2 Å². The van der Waals surface area contributed by atoms with Crippen LogP contribution in [0, 0.1) is 20.8 Å². The summed E-state index contributed by atoms with van der Waals surface area (Å²) >= 11 is 6.31. The summed E-state index contributed by atoms with van der Waals surface area (Å²) < 4.78 is 29.7. The summed E-state index contributed by atoms with van der Waals surface area (Å²) in [4.78, 5) is 12.9. The lowest BCUT2D eigenvalue weighted by atomic mass is 10.2. The standard InChI is InChI=1S/C27H26ClN5O3S/c1-19-12-14-24(15-13-19)37(35,36)32(23-11-7-8-20(2)16-23)18-26(34)30-29-17-25-21(3)33(31-27(25)28)22-9-5-4-6-10-22/h4-17H,18H2,1-3H3,(H,30,34)/b29-17-. The van der Waals surface area contributed by atoms with Crippen LogP contribution in [0.2, 0.25) is 5.15 Å². The molecule has 0 spiro atoms. The maximum atomic E-state index is 13.5. The molecule has 10 heteroatoms. The summed E-state index contributed by atoms with van der Waals surface area (Å²) in [5, 5.41) is 8.58. The lowest BCUT2D eigenvalue weighted by Crippen LogP contribution is -2.39. The van der Waals surface area contributed by atoms with E-state index < -0.39 is 22.5 Å². The van der Waals surface area contributed by atoms with E-state index in [0.717, 1.165) is 26.8 Å². The number of amides is 1. The number of para-hydroxylation sites is 1. The molecule has 4 rings (SSSR count). The highest BCUT2D eigenvalue weighted by atomic mass is 35.5. The van der Waals surface area contributed by atoms with Crippen molar-refractivity contribution < 1.29 is 13.2 Å². The first kappa shape index (κ1) is 26.1. The molecular weight excluding hydrogens is 510 g/mol. The molecule has 37 heavy (non-hydrogen) atoms. The van der Waals surface area contributed by atoms with E-state index in [2.05, 4.69) is 15.6 Å². The molecular formula is C27H26ClN5O3S. The van der Waals surface area contributed by atoms with E-state index >= 15 is 0 Å². The van der Waals surface area contributed by atoms with Crippen molar-refractivity contribution in [2.75, 3.05) is 10.8 Å². The van der Waals surface area contributed by atoms with Gasteiger partial charge in [0, 0.05) is 0 Å². The molecule has 1 N–H and O–H groups in total. The van der Waals surface area contributed by atoms with Crippen LogP contribution >= 0.6 is 11.6 Å². The summed E-state index contributed by atoms with van der Waals surface area (Å²) in [7, 11) is -4.01. The van der Waals surface area contributed by atoms with Gasteiger partial charge < -0.3 is 0 Å². The number of nitrogens with zero attached hydrogens (tertiary/aromatic N) is 4. The number of aryl methyl sites for hydroxylation is 2. The number of halogens is 1. The van der Waals surface area contributed by atoms with Gasteiger partial charge in [0.05, 0.1) is 33.7 Å². The fourth-order valence-corrected chi connectivity index (χ4v) is 5.39. The van der Waals surface area contributed by atoms with E-state index in [-0.39, 0.29) is 10.0 Å². The molecule has 1 heterocycles. The van der Waals surface area contributed by atoms with Crippen molar-refractivity contribution in [3.05, 3.63) is 106 Å². The highest BCUT2D eigenvalue weighted by molar-refractivity contribution is 7.92. The third-order valence-corrected chi connectivity index (χ3v) is 7.75. The predicted molar refractivity (Wildman–Crippen MR) is 146 cm³/mol. The van der Waals surface area contributed by atoms with E-state index in [0.29, 0.717) is 11.3 Å². The molecule has 1 amide bonds. The minimum Gasteiger partial charge on any atom is -0.271 e. The third kappa shape index (κ3) is 5.90. The number of hydrogen-bond acceptors (Lipinski definition) is 5. The third-order valence-electron chi connectivity index (χ3n) is 5.69.